The van der Waals surface area contributed by atoms with Crippen molar-refractivity contribution in [3.8, 4) is 0 Å². The van der Waals surface area contributed by atoms with Gasteiger partial charge in [-0.3, -0.25) is 0 Å². The maximum atomic E-state index is 2.26. The second-order valence-corrected chi connectivity index (χ2v) is 7.51. The molecule has 0 saturated heterocycles. The first-order chi connectivity index (χ1) is 14.8. The third-order valence-corrected chi connectivity index (χ3v) is 5.42. The number of benzene rings is 5. The van der Waals surface area contributed by atoms with Crippen LogP contribution in [-0.2, 0) is 0 Å². The topological polar surface area (TPSA) is 0 Å². The van der Waals surface area contributed by atoms with E-state index >= 15 is 0 Å². The number of hydrogen-bond donors (Lipinski definition) is 0. The summed E-state index contributed by atoms with van der Waals surface area (Å²) in [6.45, 7) is 0. The summed E-state index contributed by atoms with van der Waals surface area (Å²) >= 11 is 0. The van der Waals surface area contributed by atoms with Crippen LogP contribution in [0.4, 0.5) is 0 Å². The van der Waals surface area contributed by atoms with Crippen molar-refractivity contribution in [1.82, 2.24) is 0 Å². The van der Waals surface area contributed by atoms with Crippen LogP contribution in [-0.4, -0.2) is 0 Å². The summed E-state index contributed by atoms with van der Waals surface area (Å²) in [5.74, 6) is 0. The molecule has 0 heterocycles. The van der Waals surface area contributed by atoms with Crippen LogP contribution in [0.15, 0.2) is 109 Å². The average molecular weight is 383 g/mol. The minimum Gasteiger partial charge on any atom is -0.0622 e. The SMILES string of the molecule is C(=Cc1ccc2c(ccc3cc(C=Cc4ccccc4)ccc32)c1)c1ccccc1. The van der Waals surface area contributed by atoms with Gasteiger partial charge in [-0.25, -0.2) is 0 Å². The number of rotatable bonds is 4. The first-order valence-electron chi connectivity index (χ1n) is 10.3. The van der Waals surface area contributed by atoms with Crippen LogP contribution in [0.25, 0.3) is 45.8 Å². The molecule has 0 nitrogen and oxygen atoms in total. The van der Waals surface area contributed by atoms with E-state index in [9.17, 15) is 0 Å². The molecule has 0 unspecified atom stereocenters. The fourth-order valence-electron chi connectivity index (χ4n) is 3.83. The summed E-state index contributed by atoms with van der Waals surface area (Å²) in [7, 11) is 0. The molecule has 5 aromatic carbocycles. The van der Waals surface area contributed by atoms with E-state index in [1.54, 1.807) is 0 Å². The van der Waals surface area contributed by atoms with Gasteiger partial charge in [0.1, 0.15) is 0 Å². The highest BCUT2D eigenvalue weighted by Gasteiger charge is 2.02. The number of fused-ring (bicyclic) bond motifs is 3. The van der Waals surface area contributed by atoms with Crippen LogP contribution in [0.3, 0.4) is 0 Å². The van der Waals surface area contributed by atoms with E-state index in [-0.39, 0.29) is 0 Å². The lowest BCUT2D eigenvalue weighted by Gasteiger charge is -2.06. The van der Waals surface area contributed by atoms with Crippen molar-refractivity contribution >= 4 is 45.8 Å². The molecule has 0 radical (unpaired) electrons. The lowest BCUT2D eigenvalue weighted by Crippen LogP contribution is -1.81. The molecule has 5 aromatic rings. The van der Waals surface area contributed by atoms with Gasteiger partial charge in [-0.2, -0.15) is 0 Å². The quantitative estimate of drug-likeness (QED) is 0.216. The second kappa shape index (κ2) is 8.23. The van der Waals surface area contributed by atoms with Crippen molar-refractivity contribution in [3.63, 3.8) is 0 Å². The molecule has 0 spiro atoms. The molecule has 30 heavy (non-hydrogen) atoms. The molecule has 0 aliphatic heterocycles. The normalized spacial score (nSPS) is 11.7. The molecule has 0 atom stereocenters. The summed E-state index contributed by atoms with van der Waals surface area (Å²) in [5, 5.41) is 5.13. The Bertz CT molecular complexity index is 1250. The van der Waals surface area contributed by atoms with Gasteiger partial charge in [-0.1, -0.05) is 121 Å². The van der Waals surface area contributed by atoms with E-state index in [0.717, 1.165) is 0 Å². The van der Waals surface area contributed by atoms with Crippen molar-refractivity contribution in [2.24, 2.45) is 0 Å². The van der Waals surface area contributed by atoms with Gasteiger partial charge in [0.15, 0.2) is 0 Å². The van der Waals surface area contributed by atoms with Gasteiger partial charge in [0.25, 0.3) is 0 Å². The maximum absolute atomic E-state index is 2.26. The van der Waals surface area contributed by atoms with E-state index < -0.39 is 0 Å². The Balaban J connectivity index is 1.46. The molecule has 0 N–H and O–H groups in total. The molecule has 0 bridgehead atoms. The molecular formula is C30H22. The summed E-state index contributed by atoms with van der Waals surface area (Å²) in [4.78, 5) is 0. The zero-order valence-electron chi connectivity index (χ0n) is 16.7. The van der Waals surface area contributed by atoms with Crippen molar-refractivity contribution < 1.29 is 0 Å². The largest absolute Gasteiger partial charge is 0.0622 e. The van der Waals surface area contributed by atoms with E-state index in [0.29, 0.717) is 0 Å². The van der Waals surface area contributed by atoms with Crippen molar-refractivity contribution in [2.45, 2.75) is 0 Å². The molecule has 0 aliphatic rings. The zero-order chi connectivity index (χ0) is 20.2. The first-order valence-corrected chi connectivity index (χ1v) is 10.3. The van der Waals surface area contributed by atoms with E-state index in [2.05, 4.69) is 121 Å². The molecule has 0 aromatic heterocycles. The predicted octanol–water partition coefficient (Wildman–Crippen LogP) is 8.33. The highest BCUT2D eigenvalue weighted by molar-refractivity contribution is 6.08. The third kappa shape index (κ3) is 3.94. The lowest BCUT2D eigenvalue weighted by atomic mass is 9.98. The van der Waals surface area contributed by atoms with Crippen LogP contribution < -0.4 is 0 Å². The molecule has 0 amide bonds. The van der Waals surface area contributed by atoms with Crippen LogP contribution in [0.2, 0.25) is 0 Å². The predicted molar refractivity (Wildman–Crippen MR) is 132 cm³/mol. The summed E-state index contributed by atoms with van der Waals surface area (Å²) < 4.78 is 0. The first kappa shape index (κ1) is 18.1. The summed E-state index contributed by atoms with van der Waals surface area (Å²) in [6.07, 6.45) is 8.67. The van der Waals surface area contributed by atoms with Gasteiger partial charge in [-0.15, -0.1) is 0 Å². The number of hydrogen-bond acceptors (Lipinski definition) is 0. The molecule has 0 aliphatic carbocycles. The molecule has 0 heteroatoms. The Labute approximate surface area is 177 Å². The van der Waals surface area contributed by atoms with E-state index in [4.69, 9.17) is 0 Å². The molecule has 0 fully saturated rings. The van der Waals surface area contributed by atoms with Crippen LogP contribution >= 0.6 is 0 Å². The highest BCUT2D eigenvalue weighted by atomic mass is 14.1. The summed E-state index contributed by atoms with van der Waals surface area (Å²) in [6, 6.07) is 38.7. The van der Waals surface area contributed by atoms with Gasteiger partial charge in [0.2, 0.25) is 0 Å². The molecule has 5 rings (SSSR count). The van der Waals surface area contributed by atoms with Gasteiger partial charge in [-0.05, 0) is 55.9 Å². The fourth-order valence-corrected chi connectivity index (χ4v) is 3.83. The molecule has 0 saturated carbocycles. The monoisotopic (exact) mass is 382 g/mol. The minimum atomic E-state index is 1.21. The van der Waals surface area contributed by atoms with Gasteiger partial charge < -0.3 is 0 Å². The minimum absolute atomic E-state index is 1.21. The Hall–Kier alpha value is -3.90. The van der Waals surface area contributed by atoms with Crippen LogP contribution in [0.5, 0.6) is 0 Å². The highest BCUT2D eigenvalue weighted by Crippen LogP contribution is 2.28. The fraction of sp³-hybridized carbons (Fsp3) is 0. The lowest BCUT2D eigenvalue weighted by molar-refractivity contribution is 1.66. The van der Waals surface area contributed by atoms with Crippen LogP contribution in [0, 0.1) is 0 Å². The standard InChI is InChI=1S/C30H22/c1-3-7-23(8-4-1)11-13-25-15-19-29-27(21-25)17-18-28-22-26(16-20-30(28)29)14-12-24-9-5-2-6-10-24/h1-22H. The average Bonchev–Trinajstić information content (AvgIpc) is 2.82. The van der Waals surface area contributed by atoms with E-state index in [1.165, 1.54) is 43.8 Å². The Kier molecular flexibility index (Phi) is 4.98. The third-order valence-electron chi connectivity index (χ3n) is 5.42. The Morgan fingerprint density at radius 2 is 0.733 bits per heavy atom. The maximum Gasteiger partial charge on any atom is -0.0105 e. The van der Waals surface area contributed by atoms with Crippen LogP contribution in [0.1, 0.15) is 22.3 Å². The summed E-state index contributed by atoms with van der Waals surface area (Å²) in [5.41, 5.74) is 4.86. The molecular weight excluding hydrogens is 360 g/mol. The zero-order valence-corrected chi connectivity index (χ0v) is 16.7. The van der Waals surface area contributed by atoms with Crippen molar-refractivity contribution in [3.05, 3.63) is 131 Å². The van der Waals surface area contributed by atoms with Gasteiger partial charge in [0, 0.05) is 0 Å². The smallest absolute Gasteiger partial charge is 0.0105 e. The van der Waals surface area contributed by atoms with Gasteiger partial charge >= 0.3 is 0 Å². The van der Waals surface area contributed by atoms with Crippen molar-refractivity contribution in [1.29, 1.82) is 0 Å². The van der Waals surface area contributed by atoms with Crippen molar-refractivity contribution in [2.75, 3.05) is 0 Å². The second-order valence-electron chi connectivity index (χ2n) is 7.51. The Morgan fingerprint density at radius 1 is 0.333 bits per heavy atom. The Morgan fingerprint density at radius 3 is 1.17 bits per heavy atom. The van der Waals surface area contributed by atoms with E-state index in [1.807, 2.05) is 12.1 Å². The van der Waals surface area contributed by atoms with Gasteiger partial charge in [0.05, 0.1) is 0 Å². The molecule has 142 valence electrons.